The normalized spacial score (nSPS) is 13.6. The second-order valence-corrected chi connectivity index (χ2v) is 6.07. The Morgan fingerprint density at radius 1 is 1.22 bits per heavy atom. The van der Waals surface area contributed by atoms with Gasteiger partial charge in [-0.3, -0.25) is 0 Å². The Morgan fingerprint density at radius 3 is 2.65 bits per heavy atom. The molecule has 5 heteroatoms. The van der Waals surface area contributed by atoms with E-state index in [1.54, 1.807) is 13.1 Å². The minimum atomic E-state index is 0.274. The third-order valence-corrected chi connectivity index (χ3v) is 3.62. The lowest BCUT2D eigenvalue weighted by Gasteiger charge is -2.14. The fraction of sp³-hybridized carbons (Fsp3) is 0.389. The molecular formula is C18H20N4O. The summed E-state index contributed by atoms with van der Waals surface area (Å²) in [7, 11) is 0. The van der Waals surface area contributed by atoms with Gasteiger partial charge < -0.3 is 10.5 Å². The Kier molecular flexibility index (Phi) is 4.16. The van der Waals surface area contributed by atoms with Crippen molar-refractivity contribution >= 4 is 5.82 Å². The summed E-state index contributed by atoms with van der Waals surface area (Å²) in [4.78, 5) is 12.7. The van der Waals surface area contributed by atoms with E-state index in [0.29, 0.717) is 34.8 Å². The Balaban J connectivity index is 1.94. The molecule has 1 aliphatic carbocycles. The third-order valence-electron chi connectivity index (χ3n) is 3.62. The molecule has 2 aromatic heterocycles. The van der Waals surface area contributed by atoms with Gasteiger partial charge in [-0.25, -0.2) is 15.0 Å². The molecule has 23 heavy (non-hydrogen) atoms. The van der Waals surface area contributed by atoms with Crippen molar-refractivity contribution in [2.24, 2.45) is 5.92 Å². The van der Waals surface area contributed by atoms with Crippen LogP contribution in [-0.2, 0) is 0 Å². The molecule has 0 saturated heterocycles. The minimum absolute atomic E-state index is 0.274. The van der Waals surface area contributed by atoms with E-state index in [4.69, 9.17) is 10.5 Å². The molecule has 0 spiro atoms. The van der Waals surface area contributed by atoms with Gasteiger partial charge in [-0.1, -0.05) is 19.8 Å². The number of nitrogen functional groups attached to an aromatic ring is 1. The van der Waals surface area contributed by atoms with E-state index in [2.05, 4.69) is 40.6 Å². The molecule has 2 aromatic rings. The van der Waals surface area contributed by atoms with Gasteiger partial charge in [0.15, 0.2) is 11.6 Å². The van der Waals surface area contributed by atoms with Crippen LogP contribution in [0.15, 0.2) is 18.5 Å². The van der Waals surface area contributed by atoms with E-state index in [1.807, 2.05) is 12.3 Å². The van der Waals surface area contributed by atoms with E-state index in [9.17, 15) is 0 Å². The topological polar surface area (TPSA) is 73.9 Å². The Morgan fingerprint density at radius 2 is 2.00 bits per heavy atom. The van der Waals surface area contributed by atoms with Gasteiger partial charge in [-0.05, 0) is 31.6 Å². The van der Waals surface area contributed by atoms with Crippen LogP contribution in [0.1, 0.15) is 49.7 Å². The van der Waals surface area contributed by atoms with Crippen LogP contribution in [0.4, 0.5) is 5.82 Å². The van der Waals surface area contributed by atoms with Crippen LogP contribution in [-0.4, -0.2) is 15.0 Å². The second-order valence-electron chi connectivity index (χ2n) is 6.07. The first-order valence-corrected chi connectivity index (χ1v) is 7.81. The summed E-state index contributed by atoms with van der Waals surface area (Å²) in [5.41, 5.74) is 7.63. The minimum Gasteiger partial charge on any atom is -0.451 e. The van der Waals surface area contributed by atoms with Gasteiger partial charge in [0.05, 0.1) is 6.20 Å². The lowest BCUT2D eigenvalue weighted by atomic mass is 10.0. The lowest BCUT2D eigenvalue weighted by Crippen LogP contribution is -2.02. The maximum absolute atomic E-state index is 5.96. The van der Waals surface area contributed by atoms with Crippen molar-refractivity contribution in [2.75, 3.05) is 5.73 Å². The predicted octanol–water partition coefficient (Wildman–Crippen LogP) is 3.44. The molecule has 5 nitrogen and oxygen atoms in total. The number of hydrogen-bond donors (Lipinski definition) is 1. The highest BCUT2D eigenvalue weighted by Gasteiger charge is 2.18. The van der Waals surface area contributed by atoms with E-state index in [0.717, 1.165) is 5.56 Å². The number of aryl methyl sites for hydroxylation is 1. The summed E-state index contributed by atoms with van der Waals surface area (Å²) in [5.74, 6) is 9.24. The van der Waals surface area contributed by atoms with Gasteiger partial charge in [-0.2, -0.15) is 0 Å². The number of rotatable bonds is 3. The zero-order valence-corrected chi connectivity index (χ0v) is 13.6. The van der Waals surface area contributed by atoms with Crippen molar-refractivity contribution in [3.8, 4) is 23.3 Å². The molecule has 118 valence electrons. The summed E-state index contributed by atoms with van der Waals surface area (Å²) in [6.07, 6.45) is 5.80. The average molecular weight is 308 g/mol. The number of aromatic nitrogens is 3. The van der Waals surface area contributed by atoms with E-state index in [1.165, 1.54) is 12.8 Å². The number of anilines is 1. The van der Waals surface area contributed by atoms with Gasteiger partial charge in [0, 0.05) is 23.7 Å². The first-order chi connectivity index (χ1) is 11.0. The molecule has 0 atom stereocenters. The molecule has 1 aliphatic rings. The zero-order valence-electron chi connectivity index (χ0n) is 13.6. The Bertz CT molecular complexity index is 785. The number of ether oxygens (including phenoxy) is 1. The van der Waals surface area contributed by atoms with Crippen molar-refractivity contribution in [2.45, 2.75) is 39.5 Å². The molecule has 0 aromatic carbocycles. The summed E-state index contributed by atoms with van der Waals surface area (Å²) < 4.78 is 5.96. The quantitative estimate of drug-likeness (QED) is 0.879. The van der Waals surface area contributed by atoms with Crippen molar-refractivity contribution < 1.29 is 4.74 Å². The fourth-order valence-electron chi connectivity index (χ4n) is 2.12. The molecule has 1 saturated carbocycles. The standard InChI is InChI=1S/C18H20N4O/c1-11(2)15-9-21-14(7-6-13-4-5-13)8-16(15)23-17-10-20-12(3)22-18(17)19/h8-11,13H,4-5H2,1-3H3,(H2,19,20,22). The summed E-state index contributed by atoms with van der Waals surface area (Å²) in [6.45, 7) is 5.97. The number of nitrogens with zero attached hydrogens (tertiary/aromatic N) is 3. The first kappa shape index (κ1) is 15.3. The lowest BCUT2D eigenvalue weighted by molar-refractivity contribution is 0.469. The van der Waals surface area contributed by atoms with Crippen LogP contribution in [0.25, 0.3) is 0 Å². The molecule has 1 fully saturated rings. The highest BCUT2D eigenvalue weighted by molar-refractivity contribution is 5.49. The first-order valence-electron chi connectivity index (χ1n) is 7.81. The Hall–Kier alpha value is -2.61. The van der Waals surface area contributed by atoms with Crippen LogP contribution in [0.3, 0.4) is 0 Å². The highest BCUT2D eigenvalue weighted by Crippen LogP contribution is 2.32. The SMILES string of the molecule is Cc1ncc(Oc2cc(C#CC3CC3)ncc2C(C)C)c(N)n1. The molecular weight excluding hydrogens is 288 g/mol. The molecule has 0 bridgehead atoms. The number of pyridine rings is 1. The zero-order chi connectivity index (χ0) is 16.4. The maximum atomic E-state index is 5.96. The van der Waals surface area contributed by atoms with Crippen molar-refractivity contribution in [1.82, 2.24) is 15.0 Å². The fourth-order valence-corrected chi connectivity index (χ4v) is 2.12. The number of nitrogens with two attached hydrogens (primary N) is 1. The molecule has 0 amide bonds. The summed E-state index contributed by atoms with van der Waals surface area (Å²) in [5, 5.41) is 0. The largest absolute Gasteiger partial charge is 0.451 e. The molecule has 0 aliphatic heterocycles. The van der Waals surface area contributed by atoms with Crippen molar-refractivity contribution in [3.63, 3.8) is 0 Å². The van der Waals surface area contributed by atoms with Crippen LogP contribution in [0, 0.1) is 24.7 Å². The summed E-state index contributed by atoms with van der Waals surface area (Å²) in [6, 6.07) is 1.87. The summed E-state index contributed by atoms with van der Waals surface area (Å²) >= 11 is 0. The molecule has 2 heterocycles. The van der Waals surface area contributed by atoms with E-state index >= 15 is 0 Å². The third kappa shape index (κ3) is 3.78. The highest BCUT2D eigenvalue weighted by atomic mass is 16.5. The monoisotopic (exact) mass is 308 g/mol. The van der Waals surface area contributed by atoms with Crippen molar-refractivity contribution in [3.05, 3.63) is 35.5 Å². The number of hydrogen-bond acceptors (Lipinski definition) is 5. The van der Waals surface area contributed by atoms with Gasteiger partial charge in [0.25, 0.3) is 0 Å². The van der Waals surface area contributed by atoms with Crippen LogP contribution in [0.2, 0.25) is 0 Å². The molecule has 0 radical (unpaired) electrons. The van der Waals surface area contributed by atoms with Gasteiger partial charge in [-0.15, -0.1) is 0 Å². The molecule has 0 unspecified atom stereocenters. The van der Waals surface area contributed by atoms with Crippen molar-refractivity contribution in [1.29, 1.82) is 0 Å². The Labute approximate surface area is 136 Å². The smallest absolute Gasteiger partial charge is 0.187 e. The van der Waals surface area contributed by atoms with Gasteiger partial charge in [0.1, 0.15) is 17.3 Å². The van der Waals surface area contributed by atoms with Crippen LogP contribution < -0.4 is 10.5 Å². The molecule has 3 rings (SSSR count). The second kappa shape index (κ2) is 6.25. The predicted molar refractivity (Wildman–Crippen MR) is 89.2 cm³/mol. The molecule has 2 N–H and O–H groups in total. The maximum Gasteiger partial charge on any atom is 0.187 e. The van der Waals surface area contributed by atoms with E-state index in [-0.39, 0.29) is 5.92 Å². The van der Waals surface area contributed by atoms with Crippen LogP contribution >= 0.6 is 0 Å². The van der Waals surface area contributed by atoms with Crippen LogP contribution in [0.5, 0.6) is 11.5 Å². The van der Waals surface area contributed by atoms with Gasteiger partial charge >= 0.3 is 0 Å². The van der Waals surface area contributed by atoms with E-state index < -0.39 is 0 Å². The average Bonchev–Trinajstić information content (AvgIpc) is 3.32. The van der Waals surface area contributed by atoms with Gasteiger partial charge in [0.2, 0.25) is 0 Å².